The lowest BCUT2D eigenvalue weighted by Crippen LogP contribution is -2.49. The molecule has 1 fully saturated rings. The summed E-state index contributed by atoms with van der Waals surface area (Å²) in [5.74, 6) is 0.824. The predicted molar refractivity (Wildman–Crippen MR) is 98.5 cm³/mol. The highest BCUT2D eigenvalue weighted by molar-refractivity contribution is 7.89. The van der Waals surface area contributed by atoms with Crippen molar-refractivity contribution in [2.24, 2.45) is 0 Å². The summed E-state index contributed by atoms with van der Waals surface area (Å²) in [6, 6.07) is 7.78. The van der Waals surface area contributed by atoms with E-state index in [-0.39, 0.29) is 11.7 Å². The topological polar surface area (TPSA) is 79.0 Å². The lowest BCUT2D eigenvalue weighted by Gasteiger charge is -2.35. The van der Waals surface area contributed by atoms with Gasteiger partial charge in [0.25, 0.3) is 0 Å². The smallest absolute Gasteiger partial charge is 0.219 e. The molecule has 0 unspecified atom stereocenters. The van der Waals surface area contributed by atoms with E-state index in [1.54, 1.807) is 18.3 Å². The normalized spacial score (nSPS) is 15.8. The van der Waals surface area contributed by atoms with Crippen LogP contribution >= 0.6 is 0 Å². The minimum Gasteiger partial charge on any atom is -0.497 e. The lowest BCUT2D eigenvalue weighted by atomic mass is 10.2. The third-order valence-corrected chi connectivity index (χ3v) is 6.25. The maximum absolute atomic E-state index is 12.4. The summed E-state index contributed by atoms with van der Waals surface area (Å²) in [5.41, 5.74) is 1.07. The fraction of sp³-hybridized carbons (Fsp3) is 0.588. The molecular weight excluding hydrogens is 342 g/mol. The highest BCUT2D eigenvalue weighted by atomic mass is 32.2. The van der Waals surface area contributed by atoms with Gasteiger partial charge in [0, 0.05) is 44.8 Å². The van der Waals surface area contributed by atoms with Gasteiger partial charge >= 0.3 is 0 Å². The van der Waals surface area contributed by atoms with Crippen molar-refractivity contribution in [3.05, 3.63) is 24.3 Å². The minimum absolute atomic E-state index is 0.0505. The molecule has 0 radical (unpaired) electrons. The fourth-order valence-electron chi connectivity index (χ4n) is 2.75. The van der Waals surface area contributed by atoms with Crippen LogP contribution in [0.3, 0.4) is 0 Å². The highest BCUT2D eigenvalue weighted by Crippen LogP contribution is 2.21. The summed E-state index contributed by atoms with van der Waals surface area (Å²) in [6.07, 6.45) is 0.854. The van der Waals surface area contributed by atoms with Crippen LogP contribution in [0.5, 0.6) is 5.75 Å². The van der Waals surface area contributed by atoms with Crippen molar-refractivity contribution in [2.75, 3.05) is 50.5 Å². The van der Waals surface area contributed by atoms with Gasteiger partial charge in [-0.1, -0.05) is 6.92 Å². The first kappa shape index (κ1) is 19.5. The summed E-state index contributed by atoms with van der Waals surface area (Å²) in [6.45, 7) is 4.47. The van der Waals surface area contributed by atoms with E-state index in [9.17, 15) is 13.2 Å². The standard InChI is InChI=1S/C17H27N3O4S/c1-3-17(21)18-9-4-14-25(22,23)20-12-10-19(11-13-20)15-5-7-16(24-2)8-6-15/h5-8H,3-4,9-14H2,1-2H3,(H,18,21). The molecule has 1 saturated heterocycles. The van der Waals surface area contributed by atoms with E-state index in [2.05, 4.69) is 10.2 Å². The van der Waals surface area contributed by atoms with E-state index >= 15 is 0 Å². The number of hydrogen-bond acceptors (Lipinski definition) is 5. The number of carbonyl (C=O) groups excluding carboxylic acids is 1. The largest absolute Gasteiger partial charge is 0.497 e. The fourth-order valence-corrected chi connectivity index (χ4v) is 4.24. The maximum Gasteiger partial charge on any atom is 0.219 e. The van der Waals surface area contributed by atoms with Crippen LogP contribution < -0.4 is 15.0 Å². The average Bonchev–Trinajstić information content (AvgIpc) is 2.65. The Morgan fingerprint density at radius 3 is 2.36 bits per heavy atom. The first-order valence-electron chi connectivity index (χ1n) is 8.60. The van der Waals surface area contributed by atoms with Gasteiger partial charge in [0.15, 0.2) is 0 Å². The molecule has 1 heterocycles. The number of piperazine rings is 1. The molecule has 0 spiro atoms. The van der Waals surface area contributed by atoms with Gasteiger partial charge in [-0.2, -0.15) is 4.31 Å². The number of sulfonamides is 1. The SMILES string of the molecule is CCC(=O)NCCCS(=O)(=O)N1CCN(c2ccc(OC)cc2)CC1. The maximum atomic E-state index is 12.4. The summed E-state index contributed by atoms with van der Waals surface area (Å²) < 4.78 is 31.5. The van der Waals surface area contributed by atoms with E-state index < -0.39 is 10.0 Å². The van der Waals surface area contributed by atoms with Crippen LogP contribution in [0.15, 0.2) is 24.3 Å². The number of nitrogens with zero attached hydrogens (tertiary/aromatic N) is 2. The summed E-state index contributed by atoms with van der Waals surface area (Å²) in [5, 5.41) is 2.71. The van der Waals surface area contributed by atoms with Crippen molar-refractivity contribution < 1.29 is 17.9 Å². The van der Waals surface area contributed by atoms with Gasteiger partial charge in [0.1, 0.15) is 5.75 Å². The summed E-state index contributed by atoms with van der Waals surface area (Å²) >= 11 is 0. The van der Waals surface area contributed by atoms with E-state index in [1.165, 1.54) is 0 Å². The second kappa shape index (κ2) is 9.05. The molecule has 8 heteroatoms. The van der Waals surface area contributed by atoms with Crippen LogP contribution in [0.1, 0.15) is 19.8 Å². The Morgan fingerprint density at radius 2 is 1.80 bits per heavy atom. The molecule has 1 aliphatic rings. The van der Waals surface area contributed by atoms with Crippen molar-refractivity contribution in [1.82, 2.24) is 9.62 Å². The summed E-state index contributed by atoms with van der Waals surface area (Å²) in [4.78, 5) is 13.3. The number of benzene rings is 1. The third-order valence-electron chi connectivity index (χ3n) is 4.29. The Bertz CT molecular complexity index is 653. The number of anilines is 1. The second-order valence-corrected chi connectivity index (χ2v) is 8.05. The van der Waals surface area contributed by atoms with Crippen LogP contribution in [0.25, 0.3) is 0 Å². The molecule has 25 heavy (non-hydrogen) atoms. The number of carbonyl (C=O) groups is 1. The second-order valence-electron chi connectivity index (χ2n) is 5.96. The molecule has 1 aromatic rings. The zero-order valence-corrected chi connectivity index (χ0v) is 15.7. The third kappa shape index (κ3) is 5.61. The number of amides is 1. The summed E-state index contributed by atoms with van der Waals surface area (Å²) in [7, 11) is -1.64. The van der Waals surface area contributed by atoms with Gasteiger partial charge in [0.05, 0.1) is 12.9 Å². The molecule has 0 bridgehead atoms. The average molecular weight is 369 g/mol. The number of rotatable bonds is 8. The molecule has 2 rings (SSSR count). The molecule has 1 amide bonds. The minimum atomic E-state index is -3.27. The van der Waals surface area contributed by atoms with Gasteiger partial charge in [-0.25, -0.2) is 8.42 Å². The molecule has 1 aliphatic heterocycles. The quantitative estimate of drug-likeness (QED) is 0.694. The van der Waals surface area contributed by atoms with Crippen molar-refractivity contribution in [1.29, 1.82) is 0 Å². The van der Waals surface area contributed by atoms with Crippen LogP contribution in [0.2, 0.25) is 0 Å². The number of hydrogen-bond donors (Lipinski definition) is 1. The Hall–Kier alpha value is -1.80. The predicted octanol–water partition coefficient (Wildman–Crippen LogP) is 1.06. The molecule has 0 atom stereocenters. The zero-order valence-electron chi connectivity index (χ0n) is 14.9. The van der Waals surface area contributed by atoms with Gasteiger partial charge in [-0.3, -0.25) is 4.79 Å². The van der Waals surface area contributed by atoms with E-state index in [0.29, 0.717) is 45.6 Å². The van der Waals surface area contributed by atoms with Crippen molar-refractivity contribution in [3.8, 4) is 5.75 Å². The van der Waals surface area contributed by atoms with Crippen molar-refractivity contribution in [2.45, 2.75) is 19.8 Å². The molecule has 0 aliphatic carbocycles. The van der Waals surface area contributed by atoms with Gasteiger partial charge in [-0.15, -0.1) is 0 Å². The molecule has 140 valence electrons. The number of nitrogens with one attached hydrogen (secondary N) is 1. The Kier molecular flexibility index (Phi) is 7.07. The Morgan fingerprint density at radius 1 is 1.16 bits per heavy atom. The molecule has 1 N–H and O–H groups in total. The van der Waals surface area contributed by atoms with Crippen LogP contribution in [-0.2, 0) is 14.8 Å². The molecular formula is C17H27N3O4S. The van der Waals surface area contributed by atoms with Gasteiger partial charge in [0.2, 0.25) is 15.9 Å². The van der Waals surface area contributed by atoms with Crippen LogP contribution in [0, 0.1) is 0 Å². The Labute approximate surface area is 150 Å². The monoisotopic (exact) mass is 369 g/mol. The van der Waals surface area contributed by atoms with E-state index in [4.69, 9.17) is 4.74 Å². The molecule has 1 aromatic carbocycles. The first-order chi connectivity index (χ1) is 12.0. The molecule has 7 nitrogen and oxygen atoms in total. The molecule has 0 saturated carbocycles. The van der Waals surface area contributed by atoms with E-state index in [0.717, 1.165) is 11.4 Å². The van der Waals surface area contributed by atoms with E-state index in [1.807, 2.05) is 24.3 Å². The first-order valence-corrected chi connectivity index (χ1v) is 10.2. The number of ether oxygens (including phenoxy) is 1. The molecule has 0 aromatic heterocycles. The highest BCUT2D eigenvalue weighted by Gasteiger charge is 2.26. The van der Waals surface area contributed by atoms with Crippen molar-refractivity contribution >= 4 is 21.6 Å². The lowest BCUT2D eigenvalue weighted by molar-refractivity contribution is -0.120. The Balaban J connectivity index is 1.80. The van der Waals surface area contributed by atoms with Gasteiger partial charge < -0.3 is 15.0 Å². The van der Waals surface area contributed by atoms with Crippen molar-refractivity contribution in [3.63, 3.8) is 0 Å². The van der Waals surface area contributed by atoms with Crippen LogP contribution in [-0.4, -0.2) is 64.2 Å². The zero-order chi connectivity index (χ0) is 18.3. The number of methoxy groups -OCH3 is 1. The van der Waals surface area contributed by atoms with Gasteiger partial charge in [-0.05, 0) is 30.7 Å². The van der Waals surface area contributed by atoms with Crippen LogP contribution in [0.4, 0.5) is 5.69 Å².